The Labute approximate surface area is 99.1 Å². The molecule has 0 bridgehead atoms. The number of benzene rings is 1. The first kappa shape index (κ1) is 11.2. The number of rotatable bonds is 4. The fourth-order valence-electron chi connectivity index (χ4n) is 1.68. The summed E-state index contributed by atoms with van der Waals surface area (Å²) in [6.07, 6.45) is 3.98. The van der Waals surface area contributed by atoms with Crippen LogP contribution in [0.4, 0.5) is 5.69 Å². The van der Waals surface area contributed by atoms with Gasteiger partial charge in [-0.05, 0) is 11.6 Å². The summed E-state index contributed by atoms with van der Waals surface area (Å²) in [6.45, 7) is 0.141. The van der Waals surface area contributed by atoms with Crippen LogP contribution < -0.4 is 11.5 Å². The maximum Gasteiger partial charge on any atom is 0.237 e. The van der Waals surface area contributed by atoms with Gasteiger partial charge in [0.1, 0.15) is 12.4 Å². The van der Waals surface area contributed by atoms with E-state index in [2.05, 4.69) is 4.98 Å². The quantitative estimate of drug-likeness (QED) is 0.751. The zero-order valence-corrected chi connectivity index (χ0v) is 9.34. The highest BCUT2D eigenvalue weighted by Crippen LogP contribution is 2.14. The first-order valence-corrected chi connectivity index (χ1v) is 5.28. The minimum Gasteiger partial charge on any atom is -0.398 e. The van der Waals surface area contributed by atoms with Crippen molar-refractivity contribution in [2.45, 2.75) is 13.0 Å². The number of anilines is 1. The normalized spacial score (nSPS) is 10.4. The third-order valence-electron chi connectivity index (χ3n) is 2.53. The van der Waals surface area contributed by atoms with Gasteiger partial charge >= 0.3 is 0 Å². The van der Waals surface area contributed by atoms with E-state index < -0.39 is 0 Å². The first-order chi connectivity index (χ1) is 8.16. The Balaban J connectivity index is 2.22. The zero-order valence-electron chi connectivity index (χ0n) is 9.34. The third kappa shape index (κ3) is 2.63. The van der Waals surface area contributed by atoms with Crippen molar-refractivity contribution in [1.82, 2.24) is 9.55 Å². The summed E-state index contributed by atoms with van der Waals surface area (Å²) in [5.41, 5.74) is 12.7. The molecule has 5 nitrogen and oxygen atoms in total. The van der Waals surface area contributed by atoms with Crippen LogP contribution in [0.25, 0.3) is 0 Å². The number of hydrogen-bond donors (Lipinski definition) is 2. The van der Waals surface area contributed by atoms with Gasteiger partial charge in [-0.25, -0.2) is 4.98 Å². The highest BCUT2D eigenvalue weighted by Gasteiger charge is 2.07. The van der Waals surface area contributed by atoms with Crippen LogP contribution in [0.2, 0.25) is 0 Å². The van der Waals surface area contributed by atoms with Gasteiger partial charge in [0.2, 0.25) is 5.91 Å². The second-order valence-electron chi connectivity index (χ2n) is 3.81. The lowest BCUT2D eigenvalue weighted by atomic mass is 10.1. The maximum absolute atomic E-state index is 10.9. The average Bonchev–Trinajstić information content (AvgIpc) is 2.68. The summed E-state index contributed by atoms with van der Waals surface area (Å²) >= 11 is 0. The number of imidazole rings is 1. The van der Waals surface area contributed by atoms with Crippen molar-refractivity contribution in [2.75, 3.05) is 5.73 Å². The number of nitrogens with two attached hydrogens (primary N) is 2. The summed E-state index contributed by atoms with van der Waals surface area (Å²) in [4.78, 5) is 15.1. The molecule has 0 radical (unpaired) electrons. The fraction of sp³-hybridized carbons (Fsp3) is 0.167. The average molecular weight is 230 g/mol. The van der Waals surface area contributed by atoms with E-state index in [4.69, 9.17) is 11.5 Å². The monoisotopic (exact) mass is 230 g/mol. The summed E-state index contributed by atoms with van der Waals surface area (Å²) in [5.74, 6) is 0.395. The molecule has 0 spiro atoms. The molecular formula is C12H14N4O. The molecule has 1 amide bonds. The largest absolute Gasteiger partial charge is 0.398 e. The van der Waals surface area contributed by atoms with Crippen LogP contribution in [-0.4, -0.2) is 15.5 Å². The molecule has 1 aromatic carbocycles. The number of nitrogens with zero attached hydrogens (tertiary/aromatic N) is 2. The molecule has 0 saturated heterocycles. The van der Waals surface area contributed by atoms with E-state index in [1.54, 1.807) is 17.0 Å². The molecule has 5 heteroatoms. The second kappa shape index (κ2) is 4.69. The van der Waals surface area contributed by atoms with E-state index in [0.29, 0.717) is 6.42 Å². The van der Waals surface area contributed by atoms with Crippen LogP contribution in [-0.2, 0) is 17.8 Å². The van der Waals surface area contributed by atoms with Gasteiger partial charge in [-0.3, -0.25) is 4.79 Å². The molecule has 1 aromatic heterocycles. The SMILES string of the molecule is NC(=O)Cn1ccnc1Cc1ccccc1N. The van der Waals surface area contributed by atoms with Gasteiger partial charge in [-0.1, -0.05) is 18.2 Å². The number of aromatic nitrogens is 2. The van der Waals surface area contributed by atoms with E-state index >= 15 is 0 Å². The molecule has 0 unspecified atom stereocenters. The second-order valence-corrected chi connectivity index (χ2v) is 3.81. The fourth-order valence-corrected chi connectivity index (χ4v) is 1.68. The highest BCUT2D eigenvalue weighted by molar-refractivity contribution is 5.73. The Morgan fingerprint density at radius 2 is 2.12 bits per heavy atom. The Bertz CT molecular complexity index is 533. The van der Waals surface area contributed by atoms with Gasteiger partial charge in [-0.2, -0.15) is 0 Å². The van der Waals surface area contributed by atoms with Crippen molar-refractivity contribution in [2.24, 2.45) is 5.73 Å². The predicted octanol–water partition coefficient (Wildman–Crippen LogP) is 0.541. The van der Waals surface area contributed by atoms with E-state index in [1.807, 2.05) is 24.3 Å². The molecule has 0 fully saturated rings. The van der Waals surface area contributed by atoms with Gasteiger partial charge in [0, 0.05) is 24.5 Å². The summed E-state index contributed by atoms with van der Waals surface area (Å²) in [7, 11) is 0. The molecule has 0 aliphatic heterocycles. The minimum absolute atomic E-state index is 0.141. The number of primary amides is 1. The molecule has 4 N–H and O–H groups in total. The summed E-state index contributed by atoms with van der Waals surface area (Å²) in [6, 6.07) is 7.59. The topological polar surface area (TPSA) is 86.9 Å². The van der Waals surface area contributed by atoms with E-state index in [0.717, 1.165) is 17.1 Å². The van der Waals surface area contributed by atoms with E-state index in [1.165, 1.54) is 0 Å². The summed E-state index contributed by atoms with van der Waals surface area (Å²) in [5, 5.41) is 0. The lowest BCUT2D eigenvalue weighted by Gasteiger charge is -2.07. The van der Waals surface area contributed by atoms with Crippen LogP contribution in [0, 0.1) is 0 Å². The number of nitrogen functional groups attached to an aromatic ring is 1. The molecule has 0 saturated carbocycles. The Kier molecular flexibility index (Phi) is 3.09. The zero-order chi connectivity index (χ0) is 12.3. The molecular weight excluding hydrogens is 216 g/mol. The Morgan fingerprint density at radius 1 is 1.35 bits per heavy atom. The third-order valence-corrected chi connectivity index (χ3v) is 2.53. The number of amides is 1. The van der Waals surface area contributed by atoms with Gasteiger partial charge in [0.25, 0.3) is 0 Å². The molecule has 88 valence electrons. The van der Waals surface area contributed by atoms with E-state index in [-0.39, 0.29) is 12.5 Å². The molecule has 2 aromatic rings. The van der Waals surface area contributed by atoms with Crippen LogP contribution >= 0.6 is 0 Å². The van der Waals surface area contributed by atoms with Crippen LogP contribution in [0.3, 0.4) is 0 Å². The number of para-hydroxylation sites is 1. The van der Waals surface area contributed by atoms with Crippen LogP contribution in [0.1, 0.15) is 11.4 Å². The van der Waals surface area contributed by atoms with Gasteiger partial charge in [-0.15, -0.1) is 0 Å². The number of hydrogen-bond acceptors (Lipinski definition) is 3. The molecule has 0 atom stereocenters. The van der Waals surface area contributed by atoms with E-state index in [9.17, 15) is 4.79 Å². The number of carbonyl (C=O) groups excluding carboxylic acids is 1. The molecule has 17 heavy (non-hydrogen) atoms. The Morgan fingerprint density at radius 3 is 2.82 bits per heavy atom. The van der Waals surface area contributed by atoms with Crippen molar-refractivity contribution in [3.05, 3.63) is 48.0 Å². The first-order valence-electron chi connectivity index (χ1n) is 5.28. The van der Waals surface area contributed by atoms with Gasteiger partial charge in [0.05, 0.1) is 0 Å². The molecule has 2 rings (SSSR count). The lowest BCUT2D eigenvalue weighted by molar-refractivity contribution is -0.118. The maximum atomic E-state index is 10.9. The van der Waals surface area contributed by atoms with Crippen molar-refractivity contribution in [1.29, 1.82) is 0 Å². The smallest absolute Gasteiger partial charge is 0.237 e. The van der Waals surface area contributed by atoms with Crippen molar-refractivity contribution in [3.63, 3.8) is 0 Å². The lowest BCUT2D eigenvalue weighted by Crippen LogP contribution is -2.19. The highest BCUT2D eigenvalue weighted by atomic mass is 16.1. The van der Waals surface area contributed by atoms with Crippen LogP contribution in [0.15, 0.2) is 36.7 Å². The van der Waals surface area contributed by atoms with Crippen molar-refractivity contribution >= 4 is 11.6 Å². The van der Waals surface area contributed by atoms with Gasteiger partial charge < -0.3 is 16.0 Å². The minimum atomic E-state index is -0.384. The van der Waals surface area contributed by atoms with Crippen molar-refractivity contribution < 1.29 is 4.79 Å². The number of carbonyl (C=O) groups is 1. The molecule has 1 heterocycles. The summed E-state index contributed by atoms with van der Waals surface area (Å²) < 4.78 is 1.73. The molecule has 0 aliphatic rings. The van der Waals surface area contributed by atoms with Crippen molar-refractivity contribution in [3.8, 4) is 0 Å². The van der Waals surface area contributed by atoms with Gasteiger partial charge in [0.15, 0.2) is 0 Å². The Hall–Kier alpha value is -2.30. The predicted molar refractivity (Wildman–Crippen MR) is 65.1 cm³/mol. The molecule has 0 aliphatic carbocycles. The standard InChI is InChI=1S/C12H14N4O/c13-10-4-2-1-3-9(10)7-12-15-5-6-16(12)8-11(14)17/h1-6H,7-8,13H2,(H2,14,17). The van der Waals surface area contributed by atoms with Crippen LogP contribution in [0.5, 0.6) is 0 Å².